The predicted molar refractivity (Wildman–Crippen MR) is 127 cm³/mol. The van der Waals surface area contributed by atoms with Gasteiger partial charge >= 0.3 is 6.03 Å². The van der Waals surface area contributed by atoms with Gasteiger partial charge in [0.1, 0.15) is 0 Å². The lowest BCUT2D eigenvalue weighted by atomic mass is 10.1. The number of carbonyl (C=O) groups is 2. The van der Waals surface area contributed by atoms with Gasteiger partial charge in [0, 0.05) is 34.4 Å². The number of benzene rings is 3. The topological polar surface area (TPSA) is 61.4 Å². The monoisotopic (exact) mass is 431 g/mol. The zero-order valence-corrected chi connectivity index (χ0v) is 18.4. The van der Waals surface area contributed by atoms with Crippen molar-refractivity contribution in [3.05, 3.63) is 89.5 Å². The standard InChI is InChI=1S/C25H25N3O2S/c1-17-13-20-12-11-18(14-23(20)28(17)24(29)19-7-4-3-5-8-19)16-26-25(30)27-21-9-6-10-22(15-21)31-2/h3-12,14-15,17H,13,16H2,1-2H3,(H2,26,27,30)/t17-/m1/s1. The SMILES string of the molecule is CSc1cccc(NC(=O)NCc2ccc3c(c2)N(C(=O)c2ccccc2)[C@H](C)C3)c1. The summed E-state index contributed by atoms with van der Waals surface area (Å²) in [4.78, 5) is 28.4. The lowest BCUT2D eigenvalue weighted by molar-refractivity contribution is 0.0981. The number of amides is 3. The normalized spacial score (nSPS) is 14.8. The first-order valence-electron chi connectivity index (χ1n) is 10.2. The quantitative estimate of drug-likeness (QED) is 0.538. The Morgan fingerprint density at radius 3 is 2.61 bits per heavy atom. The fraction of sp³-hybridized carbons (Fsp3) is 0.200. The minimum atomic E-state index is -0.260. The summed E-state index contributed by atoms with van der Waals surface area (Å²) in [6.45, 7) is 2.44. The molecule has 1 aliphatic heterocycles. The van der Waals surface area contributed by atoms with E-state index in [2.05, 4.69) is 23.6 Å². The zero-order chi connectivity index (χ0) is 21.8. The summed E-state index contributed by atoms with van der Waals surface area (Å²) in [6.07, 6.45) is 2.83. The molecule has 0 saturated heterocycles. The van der Waals surface area contributed by atoms with Crippen molar-refractivity contribution in [3.8, 4) is 0 Å². The third kappa shape index (κ3) is 4.75. The van der Waals surface area contributed by atoms with Crippen LogP contribution in [0.25, 0.3) is 0 Å². The van der Waals surface area contributed by atoms with Crippen molar-refractivity contribution in [3.63, 3.8) is 0 Å². The Hall–Kier alpha value is -3.25. The summed E-state index contributed by atoms with van der Waals surface area (Å²) in [5, 5.41) is 5.77. The number of carbonyl (C=O) groups excluding carboxylic acids is 2. The van der Waals surface area contributed by atoms with Crippen LogP contribution in [0, 0.1) is 0 Å². The van der Waals surface area contributed by atoms with E-state index in [1.807, 2.05) is 77.9 Å². The highest BCUT2D eigenvalue weighted by Gasteiger charge is 2.31. The van der Waals surface area contributed by atoms with Crippen LogP contribution in [0.4, 0.5) is 16.2 Å². The fourth-order valence-electron chi connectivity index (χ4n) is 3.85. The lowest BCUT2D eigenvalue weighted by Crippen LogP contribution is -2.35. The predicted octanol–water partition coefficient (Wildman–Crippen LogP) is 5.32. The molecule has 0 unspecified atom stereocenters. The molecule has 2 N–H and O–H groups in total. The van der Waals surface area contributed by atoms with Gasteiger partial charge in [-0.3, -0.25) is 4.79 Å². The second kappa shape index (κ2) is 9.27. The summed E-state index contributed by atoms with van der Waals surface area (Å²) in [7, 11) is 0. The molecular formula is C25H25N3O2S. The summed E-state index contributed by atoms with van der Waals surface area (Å²) in [5.41, 5.74) is 4.46. The number of nitrogens with zero attached hydrogens (tertiary/aromatic N) is 1. The van der Waals surface area contributed by atoms with Crippen LogP contribution in [0.2, 0.25) is 0 Å². The van der Waals surface area contributed by atoms with Gasteiger partial charge in [0.25, 0.3) is 5.91 Å². The third-order valence-electron chi connectivity index (χ3n) is 5.39. The van der Waals surface area contributed by atoms with E-state index in [4.69, 9.17) is 0 Å². The van der Waals surface area contributed by atoms with Gasteiger partial charge in [-0.2, -0.15) is 0 Å². The van der Waals surface area contributed by atoms with Gasteiger partial charge in [0.2, 0.25) is 0 Å². The molecule has 0 spiro atoms. The third-order valence-corrected chi connectivity index (χ3v) is 6.11. The fourth-order valence-corrected chi connectivity index (χ4v) is 4.31. The molecule has 0 fully saturated rings. The summed E-state index contributed by atoms with van der Waals surface area (Å²) < 4.78 is 0. The molecule has 0 aromatic heterocycles. The van der Waals surface area contributed by atoms with Crippen LogP contribution in [0.3, 0.4) is 0 Å². The van der Waals surface area contributed by atoms with Crippen LogP contribution in [0.1, 0.15) is 28.4 Å². The molecule has 0 aliphatic carbocycles. The van der Waals surface area contributed by atoms with Crippen molar-refractivity contribution in [2.75, 3.05) is 16.5 Å². The maximum absolute atomic E-state index is 13.1. The van der Waals surface area contributed by atoms with E-state index in [1.165, 1.54) is 0 Å². The van der Waals surface area contributed by atoms with Crippen molar-refractivity contribution in [1.29, 1.82) is 0 Å². The van der Waals surface area contributed by atoms with Crippen molar-refractivity contribution in [2.24, 2.45) is 0 Å². The van der Waals surface area contributed by atoms with Gasteiger partial charge < -0.3 is 15.5 Å². The number of hydrogen-bond acceptors (Lipinski definition) is 3. The van der Waals surface area contributed by atoms with Crippen LogP contribution in [-0.2, 0) is 13.0 Å². The lowest BCUT2D eigenvalue weighted by Gasteiger charge is -2.23. The molecule has 3 aromatic rings. The number of urea groups is 1. The van der Waals surface area contributed by atoms with Crippen LogP contribution in [0.15, 0.2) is 77.7 Å². The second-order valence-electron chi connectivity index (χ2n) is 7.60. The maximum atomic E-state index is 13.1. The number of rotatable bonds is 5. The molecule has 3 aromatic carbocycles. The van der Waals surface area contributed by atoms with E-state index in [0.717, 1.165) is 33.8 Å². The molecule has 1 heterocycles. The Bertz CT molecular complexity index is 1100. The first kappa shape index (κ1) is 21.0. The van der Waals surface area contributed by atoms with E-state index < -0.39 is 0 Å². The number of hydrogen-bond donors (Lipinski definition) is 2. The van der Waals surface area contributed by atoms with Crippen LogP contribution in [-0.4, -0.2) is 24.2 Å². The van der Waals surface area contributed by atoms with Gasteiger partial charge in [-0.1, -0.05) is 36.4 Å². The molecule has 6 heteroatoms. The van der Waals surface area contributed by atoms with Crippen LogP contribution >= 0.6 is 11.8 Å². The van der Waals surface area contributed by atoms with E-state index in [9.17, 15) is 9.59 Å². The molecule has 1 atom stereocenters. The van der Waals surface area contributed by atoms with Crippen molar-refractivity contribution in [1.82, 2.24) is 5.32 Å². The van der Waals surface area contributed by atoms with Gasteiger partial charge in [-0.05, 0) is 67.1 Å². The van der Waals surface area contributed by atoms with E-state index >= 15 is 0 Å². The molecule has 1 aliphatic rings. The Morgan fingerprint density at radius 1 is 1.03 bits per heavy atom. The number of thioether (sulfide) groups is 1. The summed E-state index contributed by atoms with van der Waals surface area (Å²) in [5.74, 6) is 0.00313. The maximum Gasteiger partial charge on any atom is 0.319 e. The highest BCUT2D eigenvalue weighted by Crippen LogP contribution is 2.34. The van der Waals surface area contributed by atoms with Crippen molar-refractivity contribution >= 4 is 35.1 Å². The van der Waals surface area contributed by atoms with E-state index in [-0.39, 0.29) is 18.0 Å². The molecule has 4 rings (SSSR count). The zero-order valence-electron chi connectivity index (χ0n) is 17.6. The first-order chi connectivity index (χ1) is 15.0. The number of anilines is 2. The smallest absolute Gasteiger partial charge is 0.319 e. The average molecular weight is 432 g/mol. The Balaban J connectivity index is 1.45. The first-order valence-corrected chi connectivity index (χ1v) is 11.5. The van der Waals surface area contributed by atoms with Gasteiger partial charge in [-0.25, -0.2) is 4.79 Å². The molecule has 0 saturated carbocycles. The number of fused-ring (bicyclic) bond motifs is 1. The highest BCUT2D eigenvalue weighted by atomic mass is 32.2. The van der Waals surface area contributed by atoms with Gasteiger partial charge in [0.15, 0.2) is 0 Å². The Morgan fingerprint density at radius 2 is 1.84 bits per heavy atom. The molecule has 0 bridgehead atoms. The molecule has 158 valence electrons. The second-order valence-corrected chi connectivity index (χ2v) is 8.48. The summed E-state index contributed by atoms with van der Waals surface area (Å²) >= 11 is 1.63. The highest BCUT2D eigenvalue weighted by molar-refractivity contribution is 7.98. The van der Waals surface area contributed by atoms with E-state index in [0.29, 0.717) is 12.1 Å². The molecule has 5 nitrogen and oxygen atoms in total. The van der Waals surface area contributed by atoms with E-state index in [1.54, 1.807) is 11.8 Å². The average Bonchev–Trinajstić information content (AvgIpc) is 3.12. The molecule has 3 amide bonds. The Labute approximate surface area is 186 Å². The Kier molecular flexibility index (Phi) is 6.28. The number of nitrogens with one attached hydrogen (secondary N) is 2. The van der Waals surface area contributed by atoms with Crippen LogP contribution in [0.5, 0.6) is 0 Å². The molecular weight excluding hydrogens is 406 g/mol. The van der Waals surface area contributed by atoms with Gasteiger partial charge in [0.05, 0.1) is 0 Å². The minimum Gasteiger partial charge on any atom is -0.334 e. The minimum absolute atomic E-state index is 0.00313. The van der Waals surface area contributed by atoms with Crippen molar-refractivity contribution < 1.29 is 9.59 Å². The van der Waals surface area contributed by atoms with Crippen LogP contribution < -0.4 is 15.5 Å². The molecule has 31 heavy (non-hydrogen) atoms. The molecule has 0 radical (unpaired) electrons. The van der Waals surface area contributed by atoms with Crippen molar-refractivity contribution in [2.45, 2.75) is 30.8 Å². The van der Waals surface area contributed by atoms with Gasteiger partial charge in [-0.15, -0.1) is 11.8 Å². The summed E-state index contributed by atoms with van der Waals surface area (Å²) in [6, 6.07) is 23.0. The largest absolute Gasteiger partial charge is 0.334 e.